The molecule has 0 spiro atoms. The first-order chi connectivity index (χ1) is 8.66. The number of pyridine rings is 1. The zero-order valence-corrected chi connectivity index (χ0v) is 12.1. The second-order valence-corrected chi connectivity index (χ2v) is 5.94. The van der Waals surface area contributed by atoms with E-state index in [1.807, 2.05) is 27.7 Å². The highest BCUT2D eigenvalue weighted by Gasteiger charge is 2.53. The number of hydrogen-bond donors (Lipinski definition) is 1. The first-order valence-electron chi connectivity index (χ1n) is 5.94. The fraction of sp³-hybridized carbons (Fsp3) is 0.500. The molecule has 1 aromatic heterocycles. The second-order valence-electron chi connectivity index (χ2n) is 5.54. The van der Waals surface area contributed by atoms with Gasteiger partial charge in [0.1, 0.15) is 0 Å². The Kier molecular flexibility index (Phi) is 3.37. The molecule has 2 rings (SSSR count). The Balaban J connectivity index is 2.48. The van der Waals surface area contributed by atoms with Crippen LogP contribution in [0, 0.1) is 0 Å². The van der Waals surface area contributed by atoms with Crippen LogP contribution in [0.15, 0.2) is 12.4 Å². The fourth-order valence-corrected chi connectivity index (χ4v) is 2.09. The molecule has 7 heteroatoms. The third-order valence-corrected chi connectivity index (χ3v) is 3.99. The van der Waals surface area contributed by atoms with Crippen LogP contribution in [0.5, 0.6) is 0 Å². The number of nitrogens with two attached hydrogens (primary N) is 1. The molecule has 0 atom stereocenters. The highest BCUT2D eigenvalue weighted by Crippen LogP contribution is 2.37. The standard InChI is InChI=1S/C12H16BClN2O3/c1-11(2)12(3,4)19-13(18-11)9-7(10(15)17)5-16-6-8(9)14/h5-6H,1-4H3,(H2,15,17). The number of halogens is 1. The lowest BCUT2D eigenvalue weighted by Gasteiger charge is -2.32. The summed E-state index contributed by atoms with van der Waals surface area (Å²) < 4.78 is 11.8. The average Bonchev–Trinajstić information content (AvgIpc) is 2.47. The molecule has 1 aromatic rings. The minimum Gasteiger partial charge on any atom is -0.399 e. The van der Waals surface area contributed by atoms with Gasteiger partial charge in [-0.25, -0.2) is 0 Å². The Bertz CT molecular complexity index is 518. The molecule has 1 fully saturated rings. The van der Waals surface area contributed by atoms with Crippen LogP contribution in [0.25, 0.3) is 0 Å². The van der Waals surface area contributed by atoms with Crippen LogP contribution in [-0.4, -0.2) is 29.2 Å². The first-order valence-corrected chi connectivity index (χ1v) is 6.32. The Morgan fingerprint density at radius 2 is 1.79 bits per heavy atom. The van der Waals surface area contributed by atoms with Crippen molar-refractivity contribution in [2.24, 2.45) is 5.73 Å². The molecule has 0 aromatic carbocycles. The van der Waals surface area contributed by atoms with Crippen LogP contribution >= 0.6 is 11.6 Å². The monoisotopic (exact) mass is 282 g/mol. The quantitative estimate of drug-likeness (QED) is 0.825. The van der Waals surface area contributed by atoms with Gasteiger partial charge in [-0.05, 0) is 27.7 Å². The van der Waals surface area contributed by atoms with Crippen LogP contribution in [0.3, 0.4) is 0 Å². The van der Waals surface area contributed by atoms with Gasteiger partial charge in [0.05, 0.1) is 21.8 Å². The van der Waals surface area contributed by atoms with E-state index >= 15 is 0 Å². The third-order valence-electron chi connectivity index (χ3n) is 3.69. The summed E-state index contributed by atoms with van der Waals surface area (Å²) in [6, 6.07) is 0. The average molecular weight is 283 g/mol. The molecule has 0 aliphatic carbocycles. The van der Waals surface area contributed by atoms with Gasteiger partial charge in [0.25, 0.3) is 0 Å². The van der Waals surface area contributed by atoms with Crippen LogP contribution in [0.1, 0.15) is 38.1 Å². The van der Waals surface area contributed by atoms with Crippen molar-refractivity contribution in [1.29, 1.82) is 0 Å². The zero-order valence-electron chi connectivity index (χ0n) is 11.4. The molecule has 0 unspecified atom stereocenters. The summed E-state index contributed by atoms with van der Waals surface area (Å²) in [4.78, 5) is 15.3. The summed E-state index contributed by atoms with van der Waals surface area (Å²) in [5.41, 5.74) is 4.96. The van der Waals surface area contributed by atoms with E-state index in [2.05, 4.69) is 4.98 Å². The van der Waals surface area contributed by atoms with E-state index in [1.54, 1.807) is 0 Å². The van der Waals surface area contributed by atoms with Crippen LogP contribution in [0.2, 0.25) is 5.02 Å². The Morgan fingerprint density at radius 1 is 1.26 bits per heavy atom. The SMILES string of the molecule is CC1(C)OB(c2c(Cl)cncc2C(N)=O)OC1(C)C. The molecule has 19 heavy (non-hydrogen) atoms. The van der Waals surface area contributed by atoms with Crippen LogP contribution in [-0.2, 0) is 9.31 Å². The highest BCUT2D eigenvalue weighted by atomic mass is 35.5. The molecular formula is C12H16BClN2O3. The van der Waals surface area contributed by atoms with Gasteiger partial charge in [-0.2, -0.15) is 0 Å². The van der Waals surface area contributed by atoms with Crippen molar-refractivity contribution in [3.63, 3.8) is 0 Å². The summed E-state index contributed by atoms with van der Waals surface area (Å²) in [5, 5.41) is 0.301. The fourth-order valence-electron chi connectivity index (χ4n) is 1.84. The van der Waals surface area contributed by atoms with Gasteiger partial charge in [0.15, 0.2) is 0 Å². The Morgan fingerprint density at radius 3 is 2.26 bits per heavy atom. The first kappa shape index (κ1) is 14.3. The van der Waals surface area contributed by atoms with Crippen molar-refractivity contribution in [3.8, 4) is 0 Å². The summed E-state index contributed by atoms with van der Waals surface area (Å²) in [5.74, 6) is -0.611. The van der Waals surface area contributed by atoms with E-state index < -0.39 is 24.2 Å². The van der Waals surface area contributed by atoms with Gasteiger partial charge >= 0.3 is 7.12 Å². The largest absolute Gasteiger partial charge is 0.497 e. The zero-order chi connectivity index (χ0) is 14.4. The number of hydrogen-bond acceptors (Lipinski definition) is 4. The van der Waals surface area contributed by atoms with Gasteiger partial charge < -0.3 is 15.0 Å². The molecule has 5 nitrogen and oxygen atoms in total. The molecular weight excluding hydrogens is 266 g/mol. The molecule has 102 valence electrons. The van der Waals surface area contributed by atoms with Crippen LogP contribution in [0.4, 0.5) is 0 Å². The molecule has 0 bridgehead atoms. The maximum absolute atomic E-state index is 11.5. The maximum Gasteiger partial charge on any atom is 0.497 e. The number of aromatic nitrogens is 1. The van der Waals surface area contributed by atoms with Crippen molar-refractivity contribution >= 4 is 30.1 Å². The predicted molar refractivity (Wildman–Crippen MR) is 73.5 cm³/mol. The highest BCUT2D eigenvalue weighted by molar-refractivity contribution is 6.67. The summed E-state index contributed by atoms with van der Waals surface area (Å²) in [6.07, 6.45) is 2.81. The molecule has 2 heterocycles. The molecule has 1 saturated heterocycles. The predicted octanol–water partition coefficient (Wildman–Crippen LogP) is 1.13. The van der Waals surface area contributed by atoms with Crippen molar-refractivity contribution in [2.45, 2.75) is 38.9 Å². The van der Waals surface area contributed by atoms with Crippen molar-refractivity contribution in [2.75, 3.05) is 0 Å². The van der Waals surface area contributed by atoms with Crippen LogP contribution < -0.4 is 11.2 Å². The van der Waals surface area contributed by atoms with E-state index in [0.29, 0.717) is 10.5 Å². The normalized spacial score (nSPS) is 20.6. The summed E-state index contributed by atoms with van der Waals surface area (Å²) in [6.45, 7) is 7.69. The number of amides is 1. The maximum atomic E-state index is 11.5. The number of primary amides is 1. The van der Waals surface area contributed by atoms with Gasteiger partial charge in [0, 0.05) is 17.9 Å². The molecule has 0 saturated carbocycles. The molecule has 0 radical (unpaired) electrons. The van der Waals surface area contributed by atoms with Gasteiger partial charge in [-0.3, -0.25) is 9.78 Å². The number of carbonyl (C=O) groups excluding carboxylic acids is 1. The van der Waals surface area contributed by atoms with E-state index in [4.69, 9.17) is 26.6 Å². The minimum atomic E-state index is -0.733. The van der Waals surface area contributed by atoms with E-state index in [9.17, 15) is 4.79 Å². The summed E-state index contributed by atoms with van der Waals surface area (Å²) in [7, 11) is -0.733. The van der Waals surface area contributed by atoms with E-state index in [1.165, 1.54) is 12.4 Å². The number of carbonyl (C=O) groups is 1. The van der Waals surface area contributed by atoms with Gasteiger partial charge in [-0.15, -0.1) is 0 Å². The van der Waals surface area contributed by atoms with E-state index in [-0.39, 0.29) is 5.56 Å². The van der Waals surface area contributed by atoms with Gasteiger partial charge in [0.2, 0.25) is 5.91 Å². The Hall–Kier alpha value is -1.11. The second kappa shape index (κ2) is 4.47. The lowest BCUT2D eigenvalue weighted by molar-refractivity contribution is 0.00578. The molecule has 1 aliphatic heterocycles. The molecule has 1 aliphatic rings. The third kappa shape index (κ3) is 2.36. The van der Waals surface area contributed by atoms with Crippen molar-refractivity contribution in [3.05, 3.63) is 23.0 Å². The smallest absolute Gasteiger partial charge is 0.399 e. The van der Waals surface area contributed by atoms with Gasteiger partial charge in [-0.1, -0.05) is 11.6 Å². The molecule has 1 amide bonds. The minimum absolute atomic E-state index is 0.214. The lowest BCUT2D eigenvalue weighted by atomic mass is 9.76. The van der Waals surface area contributed by atoms with E-state index in [0.717, 1.165) is 0 Å². The topological polar surface area (TPSA) is 74.4 Å². The summed E-state index contributed by atoms with van der Waals surface area (Å²) >= 11 is 6.11. The lowest BCUT2D eigenvalue weighted by Crippen LogP contribution is -2.41. The Labute approximate surface area is 117 Å². The number of nitrogens with zero attached hydrogens (tertiary/aromatic N) is 1. The molecule has 2 N–H and O–H groups in total. The van der Waals surface area contributed by atoms with Crippen molar-refractivity contribution in [1.82, 2.24) is 4.98 Å². The number of rotatable bonds is 2. The van der Waals surface area contributed by atoms with Crippen molar-refractivity contribution < 1.29 is 14.1 Å².